The lowest BCUT2D eigenvalue weighted by molar-refractivity contribution is 0.947. The quantitative estimate of drug-likeness (QED) is 0.192. The van der Waals surface area contributed by atoms with Crippen LogP contribution in [-0.4, -0.2) is 29.9 Å². The fourth-order valence-electron chi connectivity index (χ4n) is 5.35. The molecule has 0 saturated carbocycles. The second-order valence-corrected chi connectivity index (χ2v) is 10.4. The molecular weight excluding hydrogens is 540 g/mol. The van der Waals surface area contributed by atoms with E-state index in [-0.39, 0.29) is 0 Å². The van der Waals surface area contributed by atoms with Crippen LogP contribution in [0.15, 0.2) is 141 Å². The molecule has 44 heavy (non-hydrogen) atoms. The third kappa shape index (κ3) is 5.74. The van der Waals surface area contributed by atoms with Gasteiger partial charge in [0.1, 0.15) is 5.82 Å². The highest BCUT2D eigenvalue weighted by molar-refractivity contribution is 5.83. The average Bonchev–Trinajstić information content (AvgIpc) is 3.12. The first kappa shape index (κ1) is 27.0. The Labute approximate surface area is 256 Å². The van der Waals surface area contributed by atoms with Gasteiger partial charge in [0.15, 0.2) is 0 Å². The van der Waals surface area contributed by atoms with Gasteiger partial charge in [0.05, 0.1) is 11.4 Å². The molecule has 0 saturated heterocycles. The van der Waals surface area contributed by atoms with E-state index in [1.165, 1.54) is 0 Å². The van der Waals surface area contributed by atoms with Gasteiger partial charge >= 0.3 is 0 Å². The Bertz CT molecular complexity index is 1770. The SMILES string of the molecule is CCc1nc(-c2cc(-c3ccncc3)cc(-c3ccncc3)c2)cc(-c2cc(-c3ccncc3)cc(-c3ccncc3)c2)n1. The minimum Gasteiger partial charge on any atom is -0.265 e. The fourth-order valence-corrected chi connectivity index (χ4v) is 5.35. The van der Waals surface area contributed by atoms with Crippen LogP contribution in [0.5, 0.6) is 0 Å². The second-order valence-electron chi connectivity index (χ2n) is 10.4. The van der Waals surface area contributed by atoms with Crippen LogP contribution in [0, 0.1) is 0 Å². The van der Waals surface area contributed by atoms with Crippen molar-refractivity contribution < 1.29 is 0 Å². The predicted molar refractivity (Wildman–Crippen MR) is 175 cm³/mol. The monoisotopic (exact) mass is 568 g/mol. The van der Waals surface area contributed by atoms with Crippen molar-refractivity contribution in [3.63, 3.8) is 0 Å². The van der Waals surface area contributed by atoms with Crippen LogP contribution in [0.25, 0.3) is 67.0 Å². The second kappa shape index (κ2) is 12.2. The Kier molecular flexibility index (Phi) is 7.45. The predicted octanol–water partition coefficient (Wildman–Crippen LogP) is 8.62. The molecule has 6 heteroatoms. The van der Waals surface area contributed by atoms with Crippen molar-refractivity contribution in [1.82, 2.24) is 29.9 Å². The summed E-state index contributed by atoms with van der Waals surface area (Å²) < 4.78 is 0. The van der Waals surface area contributed by atoms with Crippen molar-refractivity contribution in [2.75, 3.05) is 0 Å². The van der Waals surface area contributed by atoms with Gasteiger partial charge in [-0.3, -0.25) is 19.9 Å². The van der Waals surface area contributed by atoms with E-state index in [1.54, 1.807) is 0 Å². The number of hydrogen-bond donors (Lipinski definition) is 0. The third-order valence-electron chi connectivity index (χ3n) is 7.60. The van der Waals surface area contributed by atoms with Crippen LogP contribution in [0.2, 0.25) is 0 Å². The van der Waals surface area contributed by atoms with Gasteiger partial charge < -0.3 is 0 Å². The zero-order valence-corrected chi connectivity index (χ0v) is 24.2. The maximum absolute atomic E-state index is 5.03. The summed E-state index contributed by atoms with van der Waals surface area (Å²) in [4.78, 5) is 26.9. The molecule has 2 aromatic carbocycles. The van der Waals surface area contributed by atoms with Crippen LogP contribution in [0.3, 0.4) is 0 Å². The van der Waals surface area contributed by atoms with Crippen LogP contribution in [0.4, 0.5) is 0 Å². The molecule has 0 aliphatic heterocycles. The molecular formula is C38H28N6. The van der Waals surface area contributed by atoms with Crippen LogP contribution in [-0.2, 0) is 6.42 Å². The highest BCUT2D eigenvalue weighted by Crippen LogP contribution is 2.36. The van der Waals surface area contributed by atoms with Gasteiger partial charge in [-0.05, 0) is 136 Å². The fraction of sp³-hybridized carbons (Fsp3) is 0.0526. The summed E-state index contributed by atoms with van der Waals surface area (Å²) in [6.45, 7) is 2.09. The van der Waals surface area contributed by atoms with Crippen molar-refractivity contribution >= 4 is 0 Å². The summed E-state index contributed by atoms with van der Waals surface area (Å²) in [5.41, 5.74) is 12.5. The Morgan fingerprint density at radius 1 is 0.341 bits per heavy atom. The Hall–Kier alpha value is -5.88. The number of nitrogens with zero attached hydrogens (tertiary/aromatic N) is 6. The number of aromatic nitrogens is 6. The summed E-state index contributed by atoms with van der Waals surface area (Å²) in [6.07, 6.45) is 15.3. The first-order valence-corrected chi connectivity index (χ1v) is 14.5. The van der Waals surface area contributed by atoms with Gasteiger partial charge in [0.25, 0.3) is 0 Å². The summed E-state index contributed by atoms with van der Waals surface area (Å²) >= 11 is 0. The minimum absolute atomic E-state index is 0.712. The molecule has 0 fully saturated rings. The molecule has 0 unspecified atom stereocenters. The molecule has 6 nitrogen and oxygen atoms in total. The maximum Gasteiger partial charge on any atom is 0.129 e. The average molecular weight is 569 g/mol. The van der Waals surface area contributed by atoms with Crippen molar-refractivity contribution in [2.24, 2.45) is 0 Å². The normalized spacial score (nSPS) is 10.9. The molecule has 0 N–H and O–H groups in total. The smallest absolute Gasteiger partial charge is 0.129 e. The molecule has 0 radical (unpaired) electrons. The largest absolute Gasteiger partial charge is 0.265 e. The molecule has 0 amide bonds. The lowest BCUT2D eigenvalue weighted by atomic mass is 9.94. The highest BCUT2D eigenvalue weighted by Gasteiger charge is 2.14. The maximum atomic E-state index is 5.03. The van der Waals surface area contributed by atoms with E-state index in [2.05, 4.69) is 69.3 Å². The molecule has 5 heterocycles. The summed E-state index contributed by atoms with van der Waals surface area (Å²) in [7, 11) is 0. The van der Waals surface area contributed by atoms with Crippen LogP contribution in [0.1, 0.15) is 12.7 Å². The summed E-state index contributed by atoms with van der Waals surface area (Å²) in [5.74, 6) is 0.789. The van der Waals surface area contributed by atoms with Gasteiger partial charge in [0.2, 0.25) is 0 Å². The van der Waals surface area contributed by atoms with Gasteiger partial charge in [-0.25, -0.2) is 9.97 Å². The van der Waals surface area contributed by atoms with E-state index < -0.39 is 0 Å². The van der Waals surface area contributed by atoms with Crippen molar-refractivity contribution in [2.45, 2.75) is 13.3 Å². The lowest BCUT2D eigenvalue weighted by Crippen LogP contribution is -1.99. The number of aryl methyl sites for hydroxylation is 1. The first-order valence-electron chi connectivity index (χ1n) is 14.5. The van der Waals surface area contributed by atoms with Crippen molar-refractivity contribution in [3.8, 4) is 67.0 Å². The molecule has 0 spiro atoms. The van der Waals surface area contributed by atoms with E-state index in [0.29, 0.717) is 6.42 Å². The molecule has 7 aromatic rings. The molecule has 0 aliphatic rings. The number of benzene rings is 2. The Morgan fingerprint density at radius 3 is 0.886 bits per heavy atom. The number of pyridine rings is 4. The van der Waals surface area contributed by atoms with Crippen LogP contribution >= 0.6 is 0 Å². The van der Waals surface area contributed by atoms with E-state index in [1.807, 2.05) is 98.1 Å². The van der Waals surface area contributed by atoms with E-state index in [4.69, 9.17) is 9.97 Å². The van der Waals surface area contributed by atoms with Gasteiger partial charge in [0, 0.05) is 67.1 Å². The molecule has 0 bridgehead atoms. The van der Waals surface area contributed by atoms with E-state index in [0.717, 1.165) is 72.8 Å². The summed E-state index contributed by atoms with van der Waals surface area (Å²) in [5, 5.41) is 0. The molecule has 0 atom stereocenters. The molecule has 0 aliphatic carbocycles. The third-order valence-corrected chi connectivity index (χ3v) is 7.60. The van der Waals surface area contributed by atoms with E-state index >= 15 is 0 Å². The number of hydrogen-bond acceptors (Lipinski definition) is 6. The lowest BCUT2D eigenvalue weighted by Gasteiger charge is -2.14. The molecule has 5 aromatic heterocycles. The van der Waals surface area contributed by atoms with Crippen molar-refractivity contribution in [3.05, 3.63) is 146 Å². The summed E-state index contributed by atoms with van der Waals surface area (Å²) in [6, 6.07) is 31.5. The van der Waals surface area contributed by atoms with Gasteiger partial charge in [-0.1, -0.05) is 6.92 Å². The highest BCUT2D eigenvalue weighted by atomic mass is 14.9. The van der Waals surface area contributed by atoms with Gasteiger partial charge in [-0.2, -0.15) is 0 Å². The topological polar surface area (TPSA) is 77.3 Å². The Balaban J connectivity index is 1.41. The Morgan fingerprint density at radius 2 is 0.614 bits per heavy atom. The van der Waals surface area contributed by atoms with Crippen molar-refractivity contribution in [1.29, 1.82) is 0 Å². The minimum atomic E-state index is 0.712. The standard InChI is InChI=1S/C38H28N6/c1-2-38-43-36(34-21-30(26-3-11-39-12-4-26)19-31(22-34)27-5-13-40-14-6-27)25-37(44-38)35-23-32(28-7-15-41-16-8-28)20-33(24-35)29-9-17-42-18-10-29/h3-25H,2H2,1H3. The molecule has 7 rings (SSSR count). The zero-order chi connectivity index (χ0) is 29.7. The first-order chi connectivity index (χ1) is 21.7. The number of rotatable bonds is 7. The van der Waals surface area contributed by atoms with Gasteiger partial charge in [-0.15, -0.1) is 0 Å². The molecule has 210 valence electrons. The van der Waals surface area contributed by atoms with Crippen LogP contribution < -0.4 is 0 Å². The zero-order valence-electron chi connectivity index (χ0n) is 24.2. The van der Waals surface area contributed by atoms with E-state index in [9.17, 15) is 0 Å².